The van der Waals surface area contributed by atoms with Crippen molar-refractivity contribution in [3.63, 3.8) is 0 Å². The summed E-state index contributed by atoms with van der Waals surface area (Å²) in [7, 11) is 9.63. The van der Waals surface area contributed by atoms with Crippen molar-refractivity contribution in [3.8, 4) is 0 Å². The highest BCUT2D eigenvalue weighted by atomic mass is 28.1. The topological polar surface area (TPSA) is 6.48 Å². The van der Waals surface area contributed by atoms with E-state index in [9.17, 15) is 0 Å². The summed E-state index contributed by atoms with van der Waals surface area (Å²) in [6.07, 6.45) is 0. The van der Waals surface area contributed by atoms with E-state index in [0.717, 1.165) is 10.2 Å². The Bertz CT molecular complexity index is 275. The fourth-order valence-electron chi connectivity index (χ4n) is 1.67. The molecule has 0 N–H and O–H groups in total. The van der Waals surface area contributed by atoms with Crippen molar-refractivity contribution >= 4 is 10.2 Å². The summed E-state index contributed by atoms with van der Waals surface area (Å²) in [5, 5.41) is 0.0985. The Morgan fingerprint density at radius 2 is 1.36 bits per heavy atom. The van der Waals surface area contributed by atoms with E-state index in [0.29, 0.717) is 0 Å². The largest absolute Gasteiger partial charge is 0.292 e. The maximum Gasteiger partial charge on any atom is 0.0761 e. The zero-order chi connectivity index (χ0) is 10.8. The molecule has 0 radical (unpaired) electrons. The van der Waals surface area contributed by atoms with Crippen LogP contribution < -0.4 is 0 Å². The Hall–Kier alpha value is -0.643. The van der Waals surface area contributed by atoms with Gasteiger partial charge in [0.2, 0.25) is 0 Å². The van der Waals surface area contributed by atoms with E-state index < -0.39 is 0 Å². The van der Waals surface area contributed by atoms with Gasteiger partial charge in [-0.3, -0.25) is 9.80 Å². The molecule has 1 aromatic rings. The summed E-state index contributed by atoms with van der Waals surface area (Å²) in [5.74, 6) is 0. The van der Waals surface area contributed by atoms with E-state index in [2.05, 4.69) is 68.3 Å². The predicted octanol–water partition coefficient (Wildman–Crippen LogP) is 0.285. The Morgan fingerprint density at radius 1 is 0.929 bits per heavy atom. The molecular weight excluding hydrogens is 188 g/mol. The third-order valence-corrected chi connectivity index (χ3v) is 5.43. The molecule has 0 spiro atoms. The minimum Gasteiger partial charge on any atom is -0.292 e. The van der Waals surface area contributed by atoms with E-state index in [1.807, 2.05) is 0 Å². The number of nitrogens with zero attached hydrogens (tertiary/aromatic N) is 2. The summed E-state index contributed by atoms with van der Waals surface area (Å²) in [6, 6.07) is 10.7. The molecule has 14 heavy (non-hydrogen) atoms. The van der Waals surface area contributed by atoms with Crippen LogP contribution in [0.25, 0.3) is 0 Å². The SMILES string of the molecule is CN(C)C([SiH3])(c1ccccc1)N(C)C. The zero-order valence-corrected chi connectivity index (χ0v) is 11.8. The van der Waals surface area contributed by atoms with E-state index in [1.54, 1.807) is 0 Å². The molecular formula is C11H20N2Si. The highest BCUT2D eigenvalue weighted by Gasteiger charge is 2.30. The molecule has 1 aromatic carbocycles. The number of rotatable bonds is 3. The lowest BCUT2D eigenvalue weighted by molar-refractivity contribution is 0.0830. The molecule has 0 heterocycles. The van der Waals surface area contributed by atoms with Crippen molar-refractivity contribution in [2.75, 3.05) is 28.2 Å². The van der Waals surface area contributed by atoms with Crippen molar-refractivity contribution in [3.05, 3.63) is 35.9 Å². The molecule has 0 amide bonds. The maximum absolute atomic E-state index is 2.29. The van der Waals surface area contributed by atoms with Crippen LogP contribution in [0.1, 0.15) is 5.56 Å². The van der Waals surface area contributed by atoms with E-state index >= 15 is 0 Å². The first-order valence-electron chi connectivity index (χ1n) is 4.90. The molecule has 0 saturated heterocycles. The van der Waals surface area contributed by atoms with Gasteiger partial charge in [0.15, 0.2) is 0 Å². The average molecular weight is 208 g/mol. The lowest BCUT2D eigenvalue weighted by atomic mass is 10.1. The Balaban J connectivity index is 3.13. The normalized spacial score (nSPS) is 12.7. The Labute approximate surface area is 89.9 Å². The molecule has 0 aliphatic carbocycles. The summed E-state index contributed by atoms with van der Waals surface area (Å²) < 4.78 is 0. The molecule has 0 atom stereocenters. The molecule has 0 aromatic heterocycles. The van der Waals surface area contributed by atoms with Gasteiger partial charge in [0, 0.05) is 0 Å². The summed E-state index contributed by atoms with van der Waals surface area (Å²) in [4.78, 5) is 4.57. The highest BCUT2D eigenvalue weighted by Crippen LogP contribution is 2.24. The first kappa shape index (κ1) is 11.4. The van der Waals surface area contributed by atoms with E-state index in [-0.39, 0.29) is 5.29 Å². The van der Waals surface area contributed by atoms with Gasteiger partial charge in [-0.05, 0) is 33.8 Å². The minimum atomic E-state index is 0.0985. The fourth-order valence-corrected chi connectivity index (χ4v) is 2.00. The quantitative estimate of drug-likeness (QED) is 0.520. The van der Waals surface area contributed by atoms with E-state index in [1.165, 1.54) is 5.56 Å². The van der Waals surface area contributed by atoms with Crippen molar-refractivity contribution in [1.29, 1.82) is 0 Å². The van der Waals surface area contributed by atoms with Crippen LogP contribution in [0, 0.1) is 0 Å². The monoisotopic (exact) mass is 208 g/mol. The van der Waals surface area contributed by atoms with Crippen molar-refractivity contribution in [1.82, 2.24) is 9.80 Å². The van der Waals surface area contributed by atoms with Crippen LogP contribution in [0.15, 0.2) is 30.3 Å². The van der Waals surface area contributed by atoms with Crippen molar-refractivity contribution < 1.29 is 0 Å². The van der Waals surface area contributed by atoms with Crippen LogP contribution >= 0.6 is 0 Å². The first-order chi connectivity index (χ1) is 6.49. The van der Waals surface area contributed by atoms with Gasteiger partial charge in [-0.25, -0.2) is 0 Å². The summed E-state index contributed by atoms with van der Waals surface area (Å²) in [5.41, 5.74) is 1.38. The molecule has 78 valence electrons. The number of hydrogen-bond donors (Lipinski definition) is 0. The third kappa shape index (κ3) is 1.89. The smallest absolute Gasteiger partial charge is 0.0761 e. The second kappa shape index (κ2) is 4.25. The molecule has 2 nitrogen and oxygen atoms in total. The minimum absolute atomic E-state index is 0.0985. The average Bonchev–Trinajstić information content (AvgIpc) is 2.17. The van der Waals surface area contributed by atoms with Crippen LogP contribution in [0.2, 0.25) is 0 Å². The van der Waals surface area contributed by atoms with Gasteiger partial charge in [-0.2, -0.15) is 0 Å². The lowest BCUT2D eigenvalue weighted by Crippen LogP contribution is -2.52. The van der Waals surface area contributed by atoms with Crippen LogP contribution in [0.5, 0.6) is 0 Å². The van der Waals surface area contributed by atoms with Gasteiger partial charge in [-0.15, -0.1) is 0 Å². The standard InChI is InChI=1S/C11H20N2Si/c1-12(2)11(14,13(3)4)10-8-6-5-7-9-10/h5-9H,1-4,14H3. The second-order valence-corrected chi connectivity index (χ2v) is 5.57. The van der Waals surface area contributed by atoms with Gasteiger partial charge in [0.25, 0.3) is 0 Å². The van der Waals surface area contributed by atoms with Crippen molar-refractivity contribution in [2.24, 2.45) is 0 Å². The second-order valence-electron chi connectivity index (χ2n) is 4.18. The predicted molar refractivity (Wildman–Crippen MR) is 65.4 cm³/mol. The van der Waals surface area contributed by atoms with Crippen LogP contribution in [0.3, 0.4) is 0 Å². The molecule has 0 fully saturated rings. The molecule has 0 aliphatic rings. The van der Waals surface area contributed by atoms with Crippen LogP contribution in [-0.2, 0) is 5.29 Å². The van der Waals surface area contributed by atoms with Gasteiger partial charge in [0.05, 0.1) is 15.5 Å². The summed E-state index contributed by atoms with van der Waals surface area (Å²) in [6.45, 7) is 0. The number of hydrogen-bond acceptors (Lipinski definition) is 2. The molecule has 0 bridgehead atoms. The van der Waals surface area contributed by atoms with E-state index in [4.69, 9.17) is 0 Å². The molecule has 3 heteroatoms. The molecule has 1 rings (SSSR count). The summed E-state index contributed by atoms with van der Waals surface area (Å²) >= 11 is 0. The van der Waals surface area contributed by atoms with Gasteiger partial charge in [-0.1, -0.05) is 30.3 Å². The number of benzene rings is 1. The lowest BCUT2D eigenvalue weighted by Gasteiger charge is -2.43. The van der Waals surface area contributed by atoms with Gasteiger partial charge >= 0.3 is 0 Å². The van der Waals surface area contributed by atoms with Crippen molar-refractivity contribution in [2.45, 2.75) is 5.29 Å². The molecule has 0 unspecified atom stereocenters. The maximum atomic E-state index is 2.29. The van der Waals surface area contributed by atoms with Crippen LogP contribution in [0.4, 0.5) is 0 Å². The van der Waals surface area contributed by atoms with Gasteiger partial charge < -0.3 is 0 Å². The van der Waals surface area contributed by atoms with Crippen LogP contribution in [-0.4, -0.2) is 48.2 Å². The third-order valence-electron chi connectivity index (χ3n) is 3.06. The Morgan fingerprint density at radius 3 is 1.71 bits per heavy atom. The molecule has 0 saturated carbocycles. The molecule has 0 aliphatic heterocycles. The zero-order valence-electron chi connectivity index (χ0n) is 9.78. The van der Waals surface area contributed by atoms with Gasteiger partial charge in [0.1, 0.15) is 0 Å². The highest BCUT2D eigenvalue weighted by molar-refractivity contribution is 6.15. The first-order valence-corrected chi connectivity index (χ1v) is 5.90. The fraction of sp³-hybridized carbons (Fsp3) is 0.455. The Kier molecular flexibility index (Phi) is 3.47.